The van der Waals surface area contributed by atoms with Gasteiger partial charge in [-0.3, -0.25) is 18.8 Å². The molecule has 0 unspecified atom stereocenters. The van der Waals surface area contributed by atoms with E-state index in [0.717, 1.165) is 38.2 Å². The van der Waals surface area contributed by atoms with Crippen LogP contribution >= 0.6 is 11.3 Å². The van der Waals surface area contributed by atoms with Crippen LogP contribution in [0.5, 0.6) is 0 Å². The van der Waals surface area contributed by atoms with Crippen molar-refractivity contribution in [1.29, 1.82) is 0 Å². The first-order chi connectivity index (χ1) is 18.4. The summed E-state index contributed by atoms with van der Waals surface area (Å²) < 4.78 is 28.0. The molecule has 2 amide bonds. The maximum atomic E-state index is 13.2. The van der Waals surface area contributed by atoms with Gasteiger partial charge in [0.05, 0.1) is 5.69 Å². The number of piperazine rings is 1. The van der Waals surface area contributed by atoms with Crippen LogP contribution in [-0.2, 0) is 26.0 Å². The molecular formula is C27H31N5O4S2. The summed E-state index contributed by atoms with van der Waals surface area (Å²) in [5, 5.41) is 7.05. The fourth-order valence-corrected chi connectivity index (χ4v) is 7.49. The van der Waals surface area contributed by atoms with Gasteiger partial charge in [0.15, 0.2) is 0 Å². The van der Waals surface area contributed by atoms with Crippen LogP contribution in [0.1, 0.15) is 12.0 Å². The summed E-state index contributed by atoms with van der Waals surface area (Å²) in [5.74, 6) is -1.49. The highest BCUT2D eigenvalue weighted by Crippen LogP contribution is 2.35. The molecule has 11 heteroatoms. The van der Waals surface area contributed by atoms with Crippen molar-refractivity contribution in [2.45, 2.75) is 17.1 Å². The number of aryl methyl sites for hydroxylation is 1. The van der Waals surface area contributed by atoms with Crippen molar-refractivity contribution in [3.8, 4) is 0 Å². The van der Waals surface area contributed by atoms with Crippen LogP contribution in [0.3, 0.4) is 0 Å². The van der Waals surface area contributed by atoms with E-state index in [0.29, 0.717) is 37.4 Å². The number of nitrogens with one attached hydrogen (secondary N) is 2. The number of carbonyl (C=O) groups is 2. The molecule has 3 aromatic rings. The van der Waals surface area contributed by atoms with Crippen LogP contribution in [0.2, 0.25) is 0 Å². The molecule has 0 radical (unpaired) electrons. The minimum atomic E-state index is -3.68. The SMILES string of the molecule is O=C(NCCN1CCN(c2ccccc2)CC1)C(=O)Nc1ccc2c(c1)N(S(=O)(=O)c1cccs1)CCC2. The van der Waals surface area contributed by atoms with Gasteiger partial charge in [0.25, 0.3) is 10.0 Å². The lowest BCUT2D eigenvalue weighted by molar-refractivity contribution is -0.136. The molecule has 1 aromatic heterocycles. The number of amides is 2. The highest BCUT2D eigenvalue weighted by atomic mass is 32.2. The minimum Gasteiger partial charge on any atom is -0.369 e. The predicted octanol–water partition coefficient (Wildman–Crippen LogP) is 2.77. The molecule has 0 bridgehead atoms. The number of anilines is 3. The van der Waals surface area contributed by atoms with Gasteiger partial charge >= 0.3 is 11.8 Å². The lowest BCUT2D eigenvalue weighted by Crippen LogP contribution is -2.49. The number of carbonyl (C=O) groups excluding carboxylic acids is 2. The molecule has 2 aromatic carbocycles. The minimum absolute atomic E-state index is 0.278. The van der Waals surface area contributed by atoms with E-state index >= 15 is 0 Å². The Hall–Kier alpha value is -3.41. The lowest BCUT2D eigenvalue weighted by atomic mass is 10.0. The van der Waals surface area contributed by atoms with Crippen LogP contribution in [0.25, 0.3) is 0 Å². The summed E-state index contributed by atoms with van der Waals surface area (Å²) in [6.45, 7) is 5.00. The third kappa shape index (κ3) is 5.85. The van der Waals surface area contributed by atoms with E-state index in [1.54, 1.807) is 29.6 Å². The van der Waals surface area contributed by atoms with Crippen molar-refractivity contribution in [3.05, 3.63) is 71.6 Å². The van der Waals surface area contributed by atoms with E-state index in [1.807, 2.05) is 24.3 Å². The fourth-order valence-electron chi connectivity index (χ4n) is 4.85. The summed E-state index contributed by atoms with van der Waals surface area (Å²) in [7, 11) is -3.68. The van der Waals surface area contributed by atoms with Crippen LogP contribution in [0.15, 0.2) is 70.3 Å². The first-order valence-corrected chi connectivity index (χ1v) is 15.0. The molecule has 0 atom stereocenters. The van der Waals surface area contributed by atoms with Crippen molar-refractivity contribution in [3.63, 3.8) is 0 Å². The second-order valence-electron chi connectivity index (χ2n) is 9.33. The zero-order valence-corrected chi connectivity index (χ0v) is 22.6. The summed E-state index contributed by atoms with van der Waals surface area (Å²) >= 11 is 1.18. The molecule has 3 heterocycles. The number of sulfonamides is 1. The van der Waals surface area contributed by atoms with Crippen molar-refractivity contribution in [1.82, 2.24) is 10.2 Å². The standard InChI is InChI=1S/C27H31N5O4S2/c33-26(28-12-14-30-15-17-31(18-16-30)23-7-2-1-3-8-23)27(34)29-22-11-10-21-6-4-13-32(24(21)20-22)38(35,36)25-9-5-19-37-25/h1-3,5,7-11,19-20H,4,6,12-18H2,(H,28,33)(H,29,34). The smallest absolute Gasteiger partial charge is 0.313 e. The Labute approximate surface area is 227 Å². The Morgan fingerprint density at radius 1 is 0.895 bits per heavy atom. The van der Waals surface area contributed by atoms with Gasteiger partial charge in [0, 0.05) is 57.2 Å². The maximum absolute atomic E-state index is 13.2. The van der Waals surface area contributed by atoms with E-state index < -0.39 is 21.8 Å². The van der Waals surface area contributed by atoms with E-state index in [2.05, 4.69) is 32.6 Å². The van der Waals surface area contributed by atoms with E-state index in [4.69, 9.17) is 0 Å². The molecule has 9 nitrogen and oxygen atoms in total. The van der Waals surface area contributed by atoms with Gasteiger partial charge in [0.2, 0.25) is 0 Å². The van der Waals surface area contributed by atoms with Gasteiger partial charge in [-0.05, 0) is 54.1 Å². The average Bonchev–Trinajstić information content (AvgIpc) is 3.50. The molecule has 0 saturated carbocycles. The molecular weight excluding hydrogens is 522 g/mol. The van der Waals surface area contributed by atoms with E-state index in [-0.39, 0.29) is 4.21 Å². The van der Waals surface area contributed by atoms with Crippen molar-refractivity contribution >= 4 is 50.2 Å². The Bertz CT molecular complexity index is 1370. The molecule has 0 spiro atoms. The molecule has 2 aliphatic heterocycles. The van der Waals surface area contributed by atoms with Crippen molar-refractivity contribution in [2.24, 2.45) is 0 Å². The predicted molar refractivity (Wildman–Crippen MR) is 150 cm³/mol. The third-order valence-electron chi connectivity index (χ3n) is 6.87. The zero-order chi connectivity index (χ0) is 26.5. The van der Waals surface area contributed by atoms with Gasteiger partial charge in [-0.25, -0.2) is 8.42 Å². The molecule has 38 heavy (non-hydrogen) atoms. The number of nitrogens with zero attached hydrogens (tertiary/aromatic N) is 3. The largest absolute Gasteiger partial charge is 0.369 e. The van der Waals surface area contributed by atoms with Crippen molar-refractivity contribution in [2.75, 3.05) is 60.3 Å². The molecule has 2 aliphatic rings. The number of para-hydroxylation sites is 1. The molecule has 200 valence electrons. The van der Waals surface area contributed by atoms with Crippen LogP contribution < -0.4 is 19.8 Å². The topological polar surface area (TPSA) is 102 Å². The summed E-state index contributed by atoms with van der Waals surface area (Å²) in [5.41, 5.74) is 3.03. The van der Waals surface area contributed by atoms with E-state index in [1.165, 1.54) is 21.3 Å². The quantitative estimate of drug-likeness (QED) is 0.437. The highest BCUT2D eigenvalue weighted by molar-refractivity contribution is 7.94. The number of hydrogen-bond donors (Lipinski definition) is 2. The normalized spacial score (nSPS) is 16.1. The zero-order valence-electron chi connectivity index (χ0n) is 21.0. The second-order valence-corrected chi connectivity index (χ2v) is 12.4. The maximum Gasteiger partial charge on any atom is 0.313 e. The lowest BCUT2D eigenvalue weighted by Gasteiger charge is -2.36. The second kappa shape index (κ2) is 11.5. The summed E-state index contributed by atoms with van der Waals surface area (Å²) in [4.78, 5) is 29.6. The van der Waals surface area contributed by atoms with Crippen molar-refractivity contribution < 1.29 is 18.0 Å². The third-order valence-corrected chi connectivity index (χ3v) is 10.1. The Morgan fingerprint density at radius 3 is 2.42 bits per heavy atom. The van der Waals surface area contributed by atoms with Gasteiger partial charge in [-0.1, -0.05) is 30.3 Å². The first-order valence-electron chi connectivity index (χ1n) is 12.7. The van der Waals surface area contributed by atoms with Gasteiger partial charge in [-0.2, -0.15) is 0 Å². The summed E-state index contributed by atoms with van der Waals surface area (Å²) in [6.07, 6.45) is 1.47. The average molecular weight is 554 g/mol. The van der Waals surface area contributed by atoms with Gasteiger partial charge in [0.1, 0.15) is 4.21 Å². The monoisotopic (exact) mass is 553 g/mol. The van der Waals surface area contributed by atoms with Crippen LogP contribution in [0, 0.1) is 0 Å². The van der Waals surface area contributed by atoms with Gasteiger partial charge < -0.3 is 15.5 Å². The molecule has 1 saturated heterocycles. The fraction of sp³-hybridized carbons (Fsp3) is 0.333. The Kier molecular flexibility index (Phi) is 7.96. The van der Waals surface area contributed by atoms with Gasteiger partial charge in [-0.15, -0.1) is 11.3 Å². The Morgan fingerprint density at radius 2 is 1.68 bits per heavy atom. The number of thiophene rings is 1. The molecule has 2 N–H and O–H groups in total. The summed E-state index contributed by atoms with van der Waals surface area (Å²) in [6, 6.07) is 18.8. The van der Waals surface area contributed by atoms with E-state index in [9.17, 15) is 18.0 Å². The number of fused-ring (bicyclic) bond motifs is 1. The highest BCUT2D eigenvalue weighted by Gasteiger charge is 2.30. The Balaban J connectivity index is 1.13. The molecule has 1 fully saturated rings. The number of rotatable bonds is 7. The number of benzene rings is 2. The molecule has 5 rings (SSSR count). The first kappa shape index (κ1) is 26.2. The number of hydrogen-bond acceptors (Lipinski definition) is 7. The van der Waals surface area contributed by atoms with Crippen LogP contribution in [0.4, 0.5) is 17.1 Å². The van der Waals surface area contributed by atoms with Crippen LogP contribution in [-0.4, -0.2) is 70.9 Å². The molecule has 0 aliphatic carbocycles.